The van der Waals surface area contributed by atoms with Crippen molar-refractivity contribution < 1.29 is 0 Å². The summed E-state index contributed by atoms with van der Waals surface area (Å²) < 4.78 is 2.26. The first-order valence-electron chi connectivity index (χ1n) is 13.7. The third-order valence-electron chi connectivity index (χ3n) is 7.59. The Morgan fingerprint density at radius 2 is 1.69 bits per heavy atom. The van der Waals surface area contributed by atoms with Crippen molar-refractivity contribution in [3.8, 4) is 0 Å². The molecular formula is C27H41N9. The van der Waals surface area contributed by atoms with Gasteiger partial charge in [0.15, 0.2) is 17.0 Å². The predicted molar refractivity (Wildman–Crippen MR) is 149 cm³/mol. The van der Waals surface area contributed by atoms with Gasteiger partial charge in [0.25, 0.3) is 0 Å². The Morgan fingerprint density at radius 1 is 0.944 bits per heavy atom. The summed E-state index contributed by atoms with van der Waals surface area (Å²) in [5, 5.41) is 10.2. The summed E-state index contributed by atoms with van der Waals surface area (Å²) >= 11 is 0. The average Bonchev–Trinajstić information content (AvgIpc) is 3.59. The third-order valence-corrected chi connectivity index (χ3v) is 7.59. The minimum Gasteiger partial charge on any atom is -0.369 e. The average molecular weight is 492 g/mol. The van der Waals surface area contributed by atoms with Crippen molar-refractivity contribution in [2.24, 2.45) is 0 Å². The summed E-state index contributed by atoms with van der Waals surface area (Å²) in [6, 6.07) is 9.19. The van der Waals surface area contributed by atoms with Crippen LogP contribution in [-0.2, 0) is 0 Å². The highest BCUT2D eigenvalue weighted by Gasteiger charge is 2.22. The van der Waals surface area contributed by atoms with Crippen LogP contribution in [0.5, 0.6) is 0 Å². The molecule has 1 saturated heterocycles. The molecule has 0 unspecified atom stereocenters. The van der Waals surface area contributed by atoms with E-state index in [1.165, 1.54) is 31.4 Å². The molecule has 0 radical (unpaired) electrons. The Hall–Kier alpha value is -2.91. The van der Waals surface area contributed by atoms with Gasteiger partial charge in [0.2, 0.25) is 5.95 Å². The fourth-order valence-electron chi connectivity index (χ4n) is 5.37. The van der Waals surface area contributed by atoms with Crippen LogP contribution in [0.3, 0.4) is 0 Å². The van der Waals surface area contributed by atoms with E-state index < -0.39 is 0 Å². The maximum Gasteiger partial charge on any atom is 0.226 e. The van der Waals surface area contributed by atoms with Gasteiger partial charge in [-0.3, -0.25) is 0 Å². The first-order chi connectivity index (χ1) is 17.7. The van der Waals surface area contributed by atoms with E-state index in [1.54, 1.807) is 0 Å². The predicted octanol–water partition coefficient (Wildman–Crippen LogP) is 4.24. The molecule has 0 atom stereocenters. The lowest BCUT2D eigenvalue weighted by molar-refractivity contribution is 0.271. The van der Waals surface area contributed by atoms with Gasteiger partial charge in [0.1, 0.15) is 0 Å². The summed E-state index contributed by atoms with van der Waals surface area (Å²) in [4.78, 5) is 19.5. The van der Waals surface area contributed by atoms with E-state index in [4.69, 9.17) is 15.0 Å². The number of likely N-dealkylation sites (N-methyl/N-ethyl adjacent to an activating group) is 1. The number of hydrogen-bond donors (Lipinski definition) is 3. The Balaban J connectivity index is 1.34. The molecule has 3 aromatic rings. The van der Waals surface area contributed by atoms with E-state index >= 15 is 0 Å². The van der Waals surface area contributed by atoms with Crippen LogP contribution in [0.4, 0.5) is 23.1 Å². The molecular weight excluding hydrogens is 450 g/mol. The molecule has 0 amide bonds. The third kappa shape index (κ3) is 5.73. The zero-order valence-corrected chi connectivity index (χ0v) is 21.8. The molecule has 1 aliphatic carbocycles. The van der Waals surface area contributed by atoms with Crippen molar-refractivity contribution in [2.75, 3.05) is 68.4 Å². The van der Waals surface area contributed by atoms with Gasteiger partial charge in [-0.1, -0.05) is 19.8 Å². The molecule has 1 aliphatic heterocycles. The van der Waals surface area contributed by atoms with Crippen LogP contribution in [0.1, 0.15) is 51.5 Å². The van der Waals surface area contributed by atoms with Crippen molar-refractivity contribution in [2.45, 2.75) is 51.5 Å². The number of piperazine rings is 1. The molecule has 36 heavy (non-hydrogen) atoms. The first-order valence-corrected chi connectivity index (χ1v) is 13.7. The van der Waals surface area contributed by atoms with Gasteiger partial charge in [-0.25, -0.2) is 4.98 Å². The largest absolute Gasteiger partial charge is 0.369 e. The summed E-state index contributed by atoms with van der Waals surface area (Å²) in [6.07, 6.45) is 9.08. The molecule has 3 heterocycles. The summed E-state index contributed by atoms with van der Waals surface area (Å²) in [5.41, 5.74) is 4.05. The molecule has 194 valence electrons. The topological polar surface area (TPSA) is 86.2 Å². The van der Waals surface area contributed by atoms with Crippen molar-refractivity contribution in [1.82, 2.24) is 29.7 Å². The van der Waals surface area contributed by atoms with E-state index in [0.717, 1.165) is 81.3 Å². The minimum absolute atomic E-state index is 0.480. The lowest BCUT2D eigenvalue weighted by Crippen LogP contribution is -2.46. The van der Waals surface area contributed by atoms with E-state index in [9.17, 15) is 0 Å². The fraction of sp³-hybridized carbons (Fsp3) is 0.593. The second-order valence-electron chi connectivity index (χ2n) is 9.99. The maximum atomic E-state index is 4.90. The second-order valence-corrected chi connectivity index (χ2v) is 9.99. The highest BCUT2D eigenvalue weighted by Crippen LogP contribution is 2.33. The summed E-state index contributed by atoms with van der Waals surface area (Å²) in [7, 11) is 1.99. The Bertz CT molecular complexity index is 1100. The normalized spacial score (nSPS) is 17.2. The minimum atomic E-state index is 0.480. The van der Waals surface area contributed by atoms with Crippen molar-refractivity contribution in [3.05, 3.63) is 30.6 Å². The van der Waals surface area contributed by atoms with E-state index in [1.807, 2.05) is 13.4 Å². The molecule has 0 bridgehead atoms. The zero-order valence-electron chi connectivity index (χ0n) is 21.8. The molecule has 3 N–H and O–H groups in total. The number of imidazole rings is 1. The Kier molecular flexibility index (Phi) is 8.18. The number of nitrogens with zero attached hydrogens (tertiary/aromatic N) is 6. The van der Waals surface area contributed by atoms with E-state index in [-0.39, 0.29) is 0 Å². The fourth-order valence-corrected chi connectivity index (χ4v) is 5.37. The van der Waals surface area contributed by atoms with Gasteiger partial charge in [0, 0.05) is 50.1 Å². The number of nitrogens with one attached hydrogen (secondary N) is 3. The number of anilines is 4. The molecule has 9 heteroatoms. The number of aromatic nitrogens is 4. The standard InChI is InChI=1S/C27H41N9/c1-3-34-16-18-35(19-17-34)22-12-10-21(11-13-22)31-25-24-26(36(20-30-24)23-8-4-5-9-23)33-27(32-25)29-15-7-6-14-28-2/h10-13,20,23,28H,3-9,14-19H2,1-2H3,(H2,29,31,32,33). The van der Waals surface area contributed by atoms with Crippen molar-refractivity contribution in [1.29, 1.82) is 0 Å². The second kappa shape index (κ2) is 11.9. The summed E-state index contributed by atoms with van der Waals surface area (Å²) in [6.45, 7) is 9.66. The van der Waals surface area contributed by atoms with Gasteiger partial charge >= 0.3 is 0 Å². The molecule has 2 aromatic heterocycles. The van der Waals surface area contributed by atoms with Crippen LogP contribution >= 0.6 is 0 Å². The molecule has 1 saturated carbocycles. The SMILES string of the molecule is CCN1CCN(c2ccc(Nc3nc(NCCCCNC)nc4c3ncn4C3CCCC3)cc2)CC1. The summed E-state index contributed by atoms with van der Waals surface area (Å²) in [5.74, 6) is 1.43. The lowest BCUT2D eigenvalue weighted by Gasteiger charge is -2.35. The Morgan fingerprint density at radius 3 is 2.42 bits per heavy atom. The lowest BCUT2D eigenvalue weighted by atomic mass is 10.2. The van der Waals surface area contributed by atoms with Gasteiger partial charge in [0.05, 0.1) is 6.33 Å². The Labute approximate surface area is 214 Å². The van der Waals surface area contributed by atoms with Crippen molar-refractivity contribution >= 4 is 34.3 Å². The highest BCUT2D eigenvalue weighted by atomic mass is 15.3. The number of benzene rings is 1. The van der Waals surface area contributed by atoms with Gasteiger partial charge in [-0.2, -0.15) is 9.97 Å². The van der Waals surface area contributed by atoms with Gasteiger partial charge < -0.3 is 30.3 Å². The quantitative estimate of drug-likeness (QED) is 0.344. The molecule has 5 rings (SSSR count). The van der Waals surface area contributed by atoms with Gasteiger partial charge in [-0.05, 0) is 70.1 Å². The number of unbranched alkanes of at least 4 members (excludes halogenated alkanes) is 1. The van der Waals surface area contributed by atoms with Crippen LogP contribution in [0.2, 0.25) is 0 Å². The molecule has 2 aliphatic rings. The molecule has 2 fully saturated rings. The highest BCUT2D eigenvalue weighted by molar-refractivity contribution is 5.86. The number of fused-ring (bicyclic) bond motifs is 1. The van der Waals surface area contributed by atoms with Crippen LogP contribution in [0.15, 0.2) is 30.6 Å². The van der Waals surface area contributed by atoms with Gasteiger partial charge in [-0.15, -0.1) is 0 Å². The van der Waals surface area contributed by atoms with E-state index in [2.05, 4.69) is 61.5 Å². The molecule has 1 aromatic carbocycles. The number of rotatable bonds is 11. The van der Waals surface area contributed by atoms with Crippen LogP contribution in [0, 0.1) is 0 Å². The van der Waals surface area contributed by atoms with Crippen LogP contribution in [0.25, 0.3) is 11.2 Å². The smallest absolute Gasteiger partial charge is 0.226 e. The maximum absolute atomic E-state index is 4.90. The van der Waals surface area contributed by atoms with E-state index in [0.29, 0.717) is 12.0 Å². The number of hydrogen-bond acceptors (Lipinski definition) is 8. The van der Waals surface area contributed by atoms with Crippen LogP contribution < -0.4 is 20.9 Å². The molecule has 9 nitrogen and oxygen atoms in total. The van der Waals surface area contributed by atoms with Crippen LogP contribution in [-0.4, -0.2) is 77.3 Å². The zero-order chi connectivity index (χ0) is 24.7. The first kappa shape index (κ1) is 24.8. The van der Waals surface area contributed by atoms with Crippen molar-refractivity contribution in [3.63, 3.8) is 0 Å². The monoisotopic (exact) mass is 491 g/mol. The molecule has 0 spiro atoms.